The van der Waals surface area contributed by atoms with Gasteiger partial charge in [0, 0.05) is 6.42 Å². The minimum atomic E-state index is -0.512. The largest absolute Gasteiger partial charge is 0.495 e. The number of hydrogen-bond acceptors (Lipinski definition) is 5. The van der Waals surface area contributed by atoms with E-state index in [-0.39, 0.29) is 18.2 Å². The summed E-state index contributed by atoms with van der Waals surface area (Å²) in [4.78, 5) is 29.5. The zero-order valence-corrected chi connectivity index (χ0v) is 17.6. The summed E-state index contributed by atoms with van der Waals surface area (Å²) >= 11 is 1.30. The summed E-state index contributed by atoms with van der Waals surface area (Å²) in [6.45, 7) is 4.17. The summed E-state index contributed by atoms with van der Waals surface area (Å²) < 4.78 is 5.25. The van der Waals surface area contributed by atoms with Gasteiger partial charge in [-0.15, -0.1) is 0 Å². The van der Waals surface area contributed by atoms with Crippen LogP contribution in [-0.2, 0) is 22.4 Å². The van der Waals surface area contributed by atoms with Gasteiger partial charge in [-0.1, -0.05) is 55.9 Å². The van der Waals surface area contributed by atoms with Gasteiger partial charge in [0.05, 0.1) is 18.5 Å². The SMILES string of the molecule is CCc1cccc(CC)c1N=C1NC(=O)[C@H](CC(=O)Nc2ccccc2OC)S1. The molecule has 0 unspecified atom stereocenters. The number of amidine groups is 1. The molecule has 3 rings (SSSR count). The number of carbonyl (C=O) groups is 2. The number of hydrogen-bond donors (Lipinski definition) is 2. The predicted molar refractivity (Wildman–Crippen MR) is 118 cm³/mol. The average Bonchev–Trinajstić information content (AvgIpc) is 3.07. The molecule has 1 atom stereocenters. The normalized spacial score (nSPS) is 17.3. The zero-order chi connectivity index (χ0) is 20.8. The van der Waals surface area contributed by atoms with Crippen LogP contribution in [-0.4, -0.2) is 29.3 Å². The van der Waals surface area contributed by atoms with Gasteiger partial charge in [-0.2, -0.15) is 0 Å². The molecule has 6 nitrogen and oxygen atoms in total. The Bertz CT molecular complexity index is 920. The van der Waals surface area contributed by atoms with Crippen molar-refractivity contribution in [2.75, 3.05) is 12.4 Å². The Morgan fingerprint density at radius 1 is 1.14 bits per heavy atom. The molecule has 0 bridgehead atoms. The number of rotatable bonds is 7. The summed E-state index contributed by atoms with van der Waals surface area (Å²) in [6.07, 6.45) is 1.79. The van der Waals surface area contributed by atoms with E-state index in [2.05, 4.69) is 36.6 Å². The third-order valence-electron chi connectivity index (χ3n) is 4.71. The standard InChI is InChI=1S/C22H25N3O3S/c1-4-14-9-8-10-15(5-2)20(14)24-22-25-21(27)18(29-22)13-19(26)23-16-11-6-7-12-17(16)28-3/h6-12,18H,4-5,13H2,1-3H3,(H,23,26)(H,24,25,27)/t18-/m0/s1. The van der Waals surface area contributed by atoms with Crippen molar-refractivity contribution in [3.63, 3.8) is 0 Å². The molecule has 29 heavy (non-hydrogen) atoms. The second kappa shape index (κ2) is 9.60. The highest BCUT2D eigenvalue weighted by Crippen LogP contribution is 2.31. The quantitative estimate of drug-likeness (QED) is 0.720. The van der Waals surface area contributed by atoms with Crippen LogP contribution in [0.2, 0.25) is 0 Å². The highest BCUT2D eigenvalue weighted by atomic mass is 32.2. The molecule has 1 aliphatic heterocycles. The molecule has 1 saturated heterocycles. The number of aliphatic imine (C=N–C) groups is 1. The minimum absolute atomic E-state index is 0.0592. The van der Waals surface area contributed by atoms with Crippen LogP contribution in [0.3, 0.4) is 0 Å². The third kappa shape index (κ3) is 4.98. The van der Waals surface area contributed by atoms with Gasteiger partial charge in [-0.25, -0.2) is 4.99 Å². The number of para-hydroxylation sites is 3. The molecular formula is C22H25N3O3S. The van der Waals surface area contributed by atoms with Crippen molar-refractivity contribution in [3.05, 3.63) is 53.6 Å². The number of nitrogens with one attached hydrogen (secondary N) is 2. The molecule has 0 spiro atoms. The molecule has 2 aromatic rings. The fourth-order valence-electron chi connectivity index (χ4n) is 3.17. The van der Waals surface area contributed by atoms with E-state index in [1.165, 1.54) is 11.8 Å². The maximum absolute atomic E-state index is 12.4. The van der Waals surface area contributed by atoms with Crippen LogP contribution < -0.4 is 15.4 Å². The van der Waals surface area contributed by atoms with Gasteiger partial charge in [-0.3, -0.25) is 9.59 Å². The lowest BCUT2D eigenvalue weighted by molar-refractivity contribution is -0.122. The summed E-state index contributed by atoms with van der Waals surface area (Å²) in [7, 11) is 1.55. The van der Waals surface area contributed by atoms with Gasteiger partial charge in [0.25, 0.3) is 0 Å². The number of carbonyl (C=O) groups excluding carboxylic acids is 2. The summed E-state index contributed by atoms with van der Waals surface area (Å²) in [6, 6.07) is 13.3. The van der Waals surface area contributed by atoms with Crippen molar-refractivity contribution in [2.24, 2.45) is 4.99 Å². The predicted octanol–water partition coefficient (Wildman–Crippen LogP) is 4.07. The Kier molecular flexibility index (Phi) is 6.93. The van der Waals surface area contributed by atoms with E-state index < -0.39 is 5.25 Å². The number of thioether (sulfide) groups is 1. The maximum Gasteiger partial charge on any atom is 0.240 e. The van der Waals surface area contributed by atoms with E-state index in [1.54, 1.807) is 19.2 Å². The van der Waals surface area contributed by atoms with Crippen molar-refractivity contribution < 1.29 is 14.3 Å². The number of nitrogens with zero attached hydrogens (tertiary/aromatic N) is 1. The first-order valence-corrected chi connectivity index (χ1v) is 10.5. The molecule has 2 N–H and O–H groups in total. The summed E-state index contributed by atoms with van der Waals surface area (Å²) in [5, 5.41) is 5.66. The fourth-order valence-corrected chi connectivity index (χ4v) is 4.14. The van der Waals surface area contributed by atoms with Gasteiger partial charge >= 0.3 is 0 Å². The van der Waals surface area contributed by atoms with Crippen LogP contribution >= 0.6 is 11.8 Å². The number of benzene rings is 2. The number of anilines is 1. The number of aryl methyl sites for hydroxylation is 2. The van der Waals surface area contributed by atoms with Gasteiger partial charge in [0.2, 0.25) is 11.8 Å². The van der Waals surface area contributed by atoms with Crippen molar-refractivity contribution in [3.8, 4) is 5.75 Å². The van der Waals surface area contributed by atoms with Crippen LogP contribution in [0.5, 0.6) is 5.75 Å². The van der Waals surface area contributed by atoms with Crippen molar-refractivity contribution >= 4 is 40.1 Å². The van der Waals surface area contributed by atoms with Crippen LogP contribution in [0.25, 0.3) is 0 Å². The number of ether oxygens (including phenoxy) is 1. The van der Waals surface area contributed by atoms with E-state index in [0.717, 1.165) is 29.7 Å². The first-order valence-electron chi connectivity index (χ1n) is 9.65. The highest BCUT2D eigenvalue weighted by Gasteiger charge is 2.32. The number of amides is 2. The van der Waals surface area contributed by atoms with Gasteiger partial charge in [-0.05, 0) is 36.1 Å². The first-order chi connectivity index (χ1) is 14.0. The van der Waals surface area contributed by atoms with Crippen LogP contribution in [0.15, 0.2) is 47.5 Å². The molecule has 152 valence electrons. The van der Waals surface area contributed by atoms with Crippen molar-refractivity contribution in [2.45, 2.75) is 38.4 Å². The highest BCUT2D eigenvalue weighted by molar-refractivity contribution is 8.15. The molecule has 1 fully saturated rings. The lowest BCUT2D eigenvalue weighted by atomic mass is 10.0. The first kappa shape index (κ1) is 20.9. The molecule has 1 heterocycles. The van der Waals surface area contributed by atoms with Crippen molar-refractivity contribution in [1.29, 1.82) is 0 Å². The molecule has 0 aliphatic carbocycles. The molecule has 0 radical (unpaired) electrons. The fraction of sp³-hybridized carbons (Fsp3) is 0.318. The van der Waals surface area contributed by atoms with Gasteiger partial charge in [0.15, 0.2) is 5.17 Å². The molecular weight excluding hydrogens is 386 g/mol. The van der Waals surface area contributed by atoms with Crippen LogP contribution in [0, 0.1) is 0 Å². The molecule has 2 amide bonds. The summed E-state index contributed by atoms with van der Waals surface area (Å²) in [5.74, 6) is 0.137. The van der Waals surface area contributed by atoms with Crippen LogP contribution in [0.4, 0.5) is 11.4 Å². The van der Waals surface area contributed by atoms with E-state index in [0.29, 0.717) is 16.6 Å². The van der Waals surface area contributed by atoms with Crippen molar-refractivity contribution in [1.82, 2.24) is 5.32 Å². The molecule has 1 aliphatic rings. The lowest BCUT2D eigenvalue weighted by Crippen LogP contribution is -2.28. The molecule has 0 aromatic heterocycles. The Hall–Kier alpha value is -2.80. The Morgan fingerprint density at radius 3 is 2.48 bits per heavy atom. The average molecular weight is 412 g/mol. The van der Waals surface area contributed by atoms with E-state index in [1.807, 2.05) is 18.2 Å². The third-order valence-corrected chi connectivity index (χ3v) is 5.79. The maximum atomic E-state index is 12.4. The number of methoxy groups -OCH3 is 1. The van der Waals surface area contributed by atoms with E-state index in [9.17, 15) is 9.59 Å². The topological polar surface area (TPSA) is 79.8 Å². The second-order valence-electron chi connectivity index (χ2n) is 6.60. The Morgan fingerprint density at radius 2 is 1.83 bits per heavy atom. The van der Waals surface area contributed by atoms with Gasteiger partial charge < -0.3 is 15.4 Å². The smallest absolute Gasteiger partial charge is 0.240 e. The van der Waals surface area contributed by atoms with E-state index >= 15 is 0 Å². The summed E-state index contributed by atoms with van der Waals surface area (Å²) in [5.41, 5.74) is 3.79. The molecule has 0 saturated carbocycles. The zero-order valence-electron chi connectivity index (χ0n) is 16.8. The van der Waals surface area contributed by atoms with E-state index in [4.69, 9.17) is 9.73 Å². The van der Waals surface area contributed by atoms with Gasteiger partial charge in [0.1, 0.15) is 11.0 Å². The molecule has 2 aromatic carbocycles. The lowest BCUT2D eigenvalue weighted by Gasteiger charge is -2.11. The molecule has 7 heteroatoms. The Balaban J connectivity index is 1.71. The minimum Gasteiger partial charge on any atom is -0.495 e. The monoisotopic (exact) mass is 411 g/mol. The van der Waals surface area contributed by atoms with Crippen LogP contribution in [0.1, 0.15) is 31.4 Å². The second-order valence-corrected chi connectivity index (χ2v) is 7.79. The Labute approximate surface area is 175 Å².